The lowest BCUT2D eigenvalue weighted by atomic mass is 10.2. The Kier molecular flexibility index (Phi) is 4.55. The van der Waals surface area contributed by atoms with Gasteiger partial charge in [0.15, 0.2) is 5.70 Å². The Bertz CT molecular complexity index is 474. The van der Waals surface area contributed by atoms with Gasteiger partial charge in [0.05, 0.1) is 7.11 Å². The highest BCUT2D eigenvalue weighted by Gasteiger charge is 2.00. The first-order valence-corrected chi connectivity index (χ1v) is 5.20. The number of nitrogens with zero attached hydrogens (tertiary/aromatic N) is 2. The number of hydrogen-bond acceptors (Lipinski definition) is 4. The van der Waals surface area contributed by atoms with Crippen molar-refractivity contribution in [3.05, 3.63) is 45.9 Å². The van der Waals surface area contributed by atoms with Crippen molar-refractivity contribution in [1.29, 1.82) is 5.26 Å². The van der Waals surface area contributed by atoms with Gasteiger partial charge in [-0.15, -0.1) is 0 Å². The summed E-state index contributed by atoms with van der Waals surface area (Å²) in [5.74, 6) is 0.00537. The molecule has 0 unspecified atom stereocenters. The summed E-state index contributed by atoms with van der Waals surface area (Å²) in [6.07, 6.45) is 1.55. The quantitative estimate of drug-likeness (QED) is 0.524. The second-order valence-electron chi connectivity index (χ2n) is 2.81. The van der Waals surface area contributed by atoms with Crippen LogP contribution >= 0.6 is 15.9 Å². The molecule has 0 heterocycles. The molecule has 1 aromatic carbocycles. The summed E-state index contributed by atoms with van der Waals surface area (Å²) in [5, 5.41) is 8.78. The van der Waals surface area contributed by atoms with E-state index in [1.165, 1.54) is 7.11 Å². The van der Waals surface area contributed by atoms with E-state index in [4.69, 9.17) is 15.7 Å². The van der Waals surface area contributed by atoms with E-state index in [2.05, 4.69) is 20.9 Å². The van der Waals surface area contributed by atoms with E-state index in [0.717, 1.165) is 10.0 Å². The highest BCUT2D eigenvalue weighted by molar-refractivity contribution is 9.10. The van der Waals surface area contributed by atoms with Crippen LogP contribution in [-0.2, 0) is 4.74 Å². The van der Waals surface area contributed by atoms with Crippen molar-refractivity contribution in [3.8, 4) is 6.07 Å². The van der Waals surface area contributed by atoms with Crippen molar-refractivity contribution in [2.24, 2.45) is 10.7 Å². The molecule has 0 aliphatic carbocycles. The molecule has 5 heteroatoms. The van der Waals surface area contributed by atoms with Crippen LogP contribution in [0.5, 0.6) is 0 Å². The molecule has 4 nitrogen and oxygen atoms in total. The van der Waals surface area contributed by atoms with Gasteiger partial charge in [-0.25, -0.2) is 4.99 Å². The minimum Gasteiger partial charge on any atom is -0.481 e. The Hall–Kier alpha value is -1.80. The Balaban J connectivity index is 2.98. The predicted molar refractivity (Wildman–Crippen MR) is 65.6 cm³/mol. The summed E-state index contributed by atoms with van der Waals surface area (Å²) < 4.78 is 5.63. The number of rotatable bonds is 3. The summed E-state index contributed by atoms with van der Waals surface area (Å²) in [6.45, 7) is 0. The predicted octanol–water partition coefficient (Wildman–Crippen LogP) is 2.17. The molecule has 1 aromatic rings. The first kappa shape index (κ1) is 12.3. The standard InChI is InChI=1S/C11H10BrN3O/c1-16-11(14)10(6-13)15-7-8-4-2-3-5-9(8)12/h2-5,7H,14H2,1H3/b11-10+,15-7?. The van der Waals surface area contributed by atoms with Crippen molar-refractivity contribution >= 4 is 22.1 Å². The molecule has 0 atom stereocenters. The summed E-state index contributed by atoms with van der Waals surface area (Å²) in [6, 6.07) is 9.38. The van der Waals surface area contributed by atoms with E-state index in [0.29, 0.717) is 0 Å². The average Bonchev–Trinajstić information content (AvgIpc) is 2.31. The zero-order valence-corrected chi connectivity index (χ0v) is 10.2. The third-order valence-electron chi connectivity index (χ3n) is 1.80. The zero-order chi connectivity index (χ0) is 12.0. The third-order valence-corrected chi connectivity index (χ3v) is 2.52. The minimum atomic E-state index is 0.00537. The fraction of sp³-hybridized carbons (Fsp3) is 0.0909. The van der Waals surface area contributed by atoms with Crippen molar-refractivity contribution in [3.63, 3.8) is 0 Å². The van der Waals surface area contributed by atoms with Gasteiger partial charge in [0, 0.05) is 16.3 Å². The third kappa shape index (κ3) is 3.11. The first-order chi connectivity index (χ1) is 7.69. The van der Waals surface area contributed by atoms with Gasteiger partial charge in [-0.05, 0) is 6.07 Å². The summed E-state index contributed by atoms with van der Waals surface area (Å²) >= 11 is 3.37. The van der Waals surface area contributed by atoms with Crippen molar-refractivity contribution in [1.82, 2.24) is 0 Å². The number of ether oxygens (including phenoxy) is 1. The summed E-state index contributed by atoms with van der Waals surface area (Å²) in [4.78, 5) is 3.96. The molecule has 0 aliphatic heterocycles. The van der Waals surface area contributed by atoms with Gasteiger partial charge >= 0.3 is 0 Å². The molecule has 0 amide bonds. The van der Waals surface area contributed by atoms with Gasteiger partial charge < -0.3 is 10.5 Å². The molecule has 0 saturated heterocycles. The number of aliphatic imine (C=N–C) groups is 1. The summed E-state index contributed by atoms with van der Waals surface area (Å²) in [5.41, 5.74) is 6.35. The number of allylic oxidation sites excluding steroid dienone is 1. The molecule has 0 radical (unpaired) electrons. The highest BCUT2D eigenvalue weighted by atomic mass is 79.9. The Morgan fingerprint density at radius 1 is 1.56 bits per heavy atom. The number of nitrogens with two attached hydrogens (primary N) is 1. The lowest BCUT2D eigenvalue weighted by molar-refractivity contribution is 0.284. The maximum Gasteiger partial charge on any atom is 0.221 e. The smallest absolute Gasteiger partial charge is 0.221 e. The van der Waals surface area contributed by atoms with Gasteiger partial charge in [0.25, 0.3) is 0 Å². The van der Waals surface area contributed by atoms with Crippen LogP contribution in [-0.4, -0.2) is 13.3 Å². The molecule has 2 N–H and O–H groups in total. The molecule has 0 bridgehead atoms. The fourth-order valence-corrected chi connectivity index (χ4v) is 1.35. The van der Waals surface area contributed by atoms with Crippen LogP contribution in [0, 0.1) is 11.3 Å². The van der Waals surface area contributed by atoms with Gasteiger partial charge in [0.2, 0.25) is 5.88 Å². The lowest BCUT2D eigenvalue weighted by Gasteiger charge is -1.99. The van der Waals surface area contributed by atoms with Gasteiger partial charge in [-0.1, -0.05) is 34.1 Å². The topological polar surface area (TPSA) is 71.4 Å². The molecule has 1 rings (SSSR count). The van der Waals surface area contributed by atoms with Crippen molar-refractivity contribution in [2.45, 2.75) is 0 Å². The fourth-order valence-electron chi connectivity index (χ4n) is 0.958. The highest BCUT2D eigenvalue weighted by Crippen LogP contribution is 2.14. The van der Waals surface area contributed by atoms with Crippen LogP contribution in [0.1, 0.15) is 5.56 Å². The molecule has 0 spiro atoms. The van der Waals surface area contributed by atoms with Crippen LogP contribution in [0.3, 0.4) is 0 Å². The van der Waals surface area contributed by atoms with Gasteiger partial charge in [-0.2, -0.15) is 5.26 Å². The summed E-state index contributed by atoms with van der Waals surface area (Å²) in [7, 11) is 1.39. The largest absolute Gasteiger partial charge is 0.481 e. The monoisotopic (exact) mass is 279 g/mol. The Morgan fingerprint density at radius 2 is 2.25 bits per heavy atom. The number of nitriles is 1. The lowest BCUT2D eigenvalue weighted by Crippen LogP contribution is -2.02. The van der Waals surface area contributed by atoms with E-state index in [1.807, 2.05) is 30.3 Å². The number of hydrogen-bond donors (Lipinski definition) is 1. The number of halogens is 1. The normalized spacial score (nSPS) is 12.1. The molecule has 0 aromatic heterocycles. The Morgan fingerprint density at radius 3 is 2.81 bits per heavy atom. The van der Waals surface area contributed by atoms with Crippen molar-refractivity contribution in [2.75, 3.05) is 7.11 Å². The SMILES string of the molecule is CO/C(N)=C(\C#N)N=Cc1ccccc1Br. The second kappa shape index (κ2) is 5.93. The molecule has 16 heavy (non-hydrogen) atoms. The van der Waals surface area contributed by atoms with Gasteiger partial charge in [-0.3, -0.25) is 0 Å². The van der Waals surface area contributed by atoms with Crippen LogP contribution in [0.4, 0.5) is 0 Å². The molecular weight excluding hydrogens is 270 g/mol. The number of methoxy groups -OCH3 is 1. The van der Waals surface area contributed by atoms with E-state index in [9.17, 15) is 0 Å². The molecule has 0 fully saturated rings. The molecule has 82 valence electrons. The minimum absolute atomic E-state index is 0.00537. The first-order valence-electron chi connectivity index (χ1n) is 4.41. The zero-order valence-electron chi connectivity index (χ0n) is 8.64. The van der Waals surface area contributed by atoms with Crippen molar-refractivity contribution < 1.29 is 4.74 Å². The number of benzene rings is 1. The van der Waals surface area contributed by atoms with Gasteiger partial charge in [0.1, 0.15) is 6.07 Å². The molecular formula is C11H10BrN3O. The van der Waals surface area contributed by atoms with E-state index < -0.39 is 0 Å². The Labute approximate surface area is 102 Å². The van der Waals surface area contributed by atoms with E-state index in [-0.39, 0.29) is 11.6 Å². The van der Waals surface area contributed by atoms with Crippen LogP contribution in [0.25, 0.3) is 0 Å². The van der Waals surface area contributed by atoms with Crippen LogP contribution in [0.2, 0.25) is 0 Å². The molecule has 0 aliphatic rings. The maximum absolute atomic E-state index is 8.78. The average molecular weight is 280 g/mol. The maximum atomic E-state index is 8.78. The second-order valence-corrected chi connectivity index (χ2v) is 3.66. The molecule has 0 saturated carbocycles. The van der Waals surface area contributed by atoms with E-state index in [1.54, 1.807) is 6.21 Å². The van der Waals surface area contributed by atoms with Crippen LogP contribution < -0.4 is 5.73 Å². The van der Waals surface area contributed by atoms with Crippen LogP contribution in [0.15, 0.2) is 45.3 Å². The van der Waals surface area contributed by atoms with E-state index >= 15 is 0 Å².